The molecular weight excluding hydrogens is 230 g/mol. The quantitative estimate of drug-likeness (QED) is 0.862. The van der Waals surface area contributed by atoms with Gasteiger partial charge in [0.15, 0.2) is 0 Å². The molecule has 0 atom stereocenters. The van der Waals surface area contributed by atoms with E-state index in [4.69, 9.17) is 5.73 Å². The summed E-state index contributed by atoms with van der Waals surface area (Å²) >= 11 is 0. The summed E-state index contributed by atoms with van der Waals surface area (Å²) < 4.78 is 0. The van der Waals surface area contributed by atoms with Crippen molar-refractivity contribution in [1.82, 2.24) is 0 Å². The number of benzene rings is 2. The lowest BCUT2D eigenvalue weighted by atomic mass is 9.99. The minimum Gasteiger partial charge on any atom is -0.330 e. The van der Waals surface area contributed by atoms with Gasteiger partial charge in [-0.3, -0.25) is 0 Å². The molecule has 0 spiro atoms. The van der Waals surface area contributed by atoms with Gasteiger partial charge in [-0.1, -0.05) is 42.5 Å². The number of aryl methyl sites for hydroxylation is 3. The fourth-order valence-corrected chi connectivity index (χ4v) is 2.28. The number of rotatable bonds is 5. The van der Waals surface area contributed by atoms with Gasteiger partial charge in [-0.25, -0.2) is 0 Å². The van der Waals surface area contributed by atoms with Crippen LogP contribution in [0.1, 0.15) is 34.2 Å². The maximum absolute atomic E-state index is 5.53. The third-order valence-corrected chi connectivity index (χ3v) is 3.67. The first-order valence-electron chi connectivity index (χ1n) is 7.03. The fraction of sp³-hybridized carbons (Fsp3) is 0.333. The van der Waals surface area contributed by atoms with Gasteiger partial charge in [0.1, 0.15) is 0 Å². The van der Waals surface area contributed by atoms with Crippen molar-refractivity contribution in [3.8, 4) is 0 Å². The van der Waals surface area contributed by atoms with Crippen molar-refractivity contribution in [2.45, 2.75) is 33.1 Å². The Kier molecular flexibility index (Phi) is 4.75. The van der Waals surface area contributed by atoms with E-state index < -0.39 is 0 Å². The highest BCUT2D eigenvalue weighted by Gasteiger charge is 1.99. The molecule has 0 radical (unpaired) electrons. The van der Waals surface area contributed by atoms with Crippen LogP contribution >= 0.6 is 0 Å². The predicted molar refractivity (Wildman–Crippen MR) is 82.5 cm³/mol. The van der Waals surface area contributed by atoms with E-state index in [9.17, 15) is 0 Å². The molecule has 0 saturated carbocycles. The third-order valence-electron chi connectivity index (χ3n) is 3.67. The molecule has 0 fully saturated rings. The first-order valence-corrected chi connectivity index (χ1v) is 7.03. The minimum atomic E-state index is 0.768. The van der Waals surface area contributed by atoms with Crippen LogP contribution in [0.25, 0.3) is 0 Å². The molecule has 0 heterocycles. The lowest BCUT2D eigenvalue weighted by molar-refractivity contribution is 0.832. The molecule has 0 aliphatic rings. The minimum absolute atomic E-state index is 0.768. The van der Waals surface area contributed by atoms with E-state index in [0.717, 1.165) is 25.8 Å². The van der Waals surface area contributed by atoms with Crippen LogP contribution in [0.3, 0.4) is 0 Å². The topological polar surface area (TPSA) is 26.0 Å². The van der Waals surface area contributed by atoms with Crippen LogP contribution in [0.15, 0.2) is 42.5 Å². The van der Waals surface area contributed by atoms with E-state index in [-0.39, 0.29) is 0 Å². The largest absolute Gasteiger partial charge is 0.330 e. The average molecular weight is 253 g/mol. The van der Waals surface area contributed by atoms with E-state index in [0.29, 0.717) is 0 Å². The Balaban J connectivity index is 2.04. The SMILES string of the molecule is Cc1ccc(Cc2ccc(CCCN)cc2)cc1C. The highest BCUT2D eigenvalue weighted by molar-refractivity contribution is 5.34. The Morgan fingerprint density at radius 3 is 2.05 bits per heavy atom. The van der Waals surface area contributed by atoms with Crippen LogP contribution in [0, 0.1) is 13.8 Å². The predicted octanol–water partition coefficient (Wildman–Crippen LogP) is 3.79. The number of hydrogen-bond donors (Lipinski definition) is 1. The summed E-state index contributed by atoms with van der Waals surface area (Å²) in [5, 5.41) is 0. The summed E-state index contributed by atoms with van der Waals surface area (Å²) in [7, 11) is 0. The number of hydrogen-bond acceptors (Lipinski definition) is 1. The van der Waals surface area contributed by atoms with Crippen molar-refractivity contribution in [3.05, 3.63) is 70.3 Å². The molecule has 0 saturated heterocycles. The summed E-state index contributed by atoms with van der Waals surface area (Å²) in [5.74, 6) is 0. The molecule has 2 aromatic carbocycles. The Morgan fingerprint density at radius 2 is 1.42 bits per heavy atom. The van der Waals surface area contributed by atoms with E-state index in [1.165, 1.54) is 27.8 Å². The molecule has 0 amide bonds. The van der Waals surface area contributed by atoms with Gasteiger partial charge in [0.05, 0.1) is 0 Å². The second-order valence-electron chi connectivity index (χ2n) is 5.30. The van der Waals surface area contributed by atoms with E-state index >= 15 is 0 Å². The summed E-state index contributed by atoms with van der Waals surface area (Å²) in [6.07, 6.45) is 3.16. The molecule has 100 valence electrons. The van der Waals surface area contributed by atoms with Crippen LogP contribution in [0.4, 0.5) is 0 Å². The van der Waals surface area contributed by atoms with E-state index in [1.54, 1.807) is 0 Å². The highest BCUT2D eigenvalue weighted by atomic mass is 14.5. The van der Waals surface area contributed by atoms with Crippen LogP contribution in [-0.2, 0) is 12.8 Å². The van der Waals surface area contributed by atoms with Gasteiger partial charge >= 0.3 is 0 Å². The van der Waals surface area contributed by atoms with Gasteiger partial charge in [0.2, 0.25) is 0 Å². The molecule has 2 aromatic rings. The second kappa shape index (κ2) is 6.53. The standard InChI is InChI=1S/C18H23N/c1-14-5-6-18(12-15(14)2)13-17-9-7-16(8-10-17)4-3-11-19/h5-10,12H,3-4,11,13,19H2,1-2H3. The maximum Gasteiger partial charge on any atom is -0.00257 e. The maximum atomic E-state index is 5.53. The van der Waals surface area contributed by atoms with Crippen molar-refractivity contribution in [3.63, 3.8) is 0 Å². The van der Waals surface area contributed by atoms with Gasteiger partial charge in [0.25, 0.3) is 0 Å². The number of nitrogens with two attached hydrogens (primary N) is 1. The first kappa shape index (κ1) is 13.8. The first-order chi connectivity index (χ1) is 9.19. The fourth-order valence-electron chi connectivity index (χ4n) is 2.28. The third kappa shape index (κ3) is 3.93. The summed E-state index contributed by atoms with van der Waals surface area (Å²) in [6, 6.07) is 15.7. The van der Waals surface area contributed by atoms with Crippen LogP contribution in [0.2, 0.25) is 0 Å². The zero-order valence-corrected chi connectivity index (χ0v) is 11.9. The van der Waals surface area contributed by atoms with Crippen molar-refractivity contribution >= 4 is 0 Å². The molecule has 0 unspecified atom stereocenters. The average Bonchev–Trinajstić information content (AvgIpc) is 2.42. The van der Waals surface area contributed by atoms with Crippen molar-refractivity contribution in [2.75, 3.05) is 6.54 Å². The lowest BCUT2D eigenvalue weighted by Crippen LogP contribution is -2.00. The molecule has 1 nitrogen and oxygen atoms in total. The zero-order valence-electron chi connectivity index (χ0n) is 11.9. The summed E-state index contributed by atoms with van der Waals surface area (Å²) in [5.41, 5.74) is 12.4. The molecule has 19 heavy (non-hydrogen) atoms. The summed E-state index contributed by atoms with van der Waals surface area (Å²) in [4.78, 5) is 0. The molecule has 0 bridgehead atoms. The molecule has 0 aliphatic carbocycles. The van der Waals surface area contributed by atoms with Gasteiger partial charge in [-0.15, -0.1) is 0 Å². The molecule has 2 rings (SSSR count). The second-order valence-corrected chi connectivity index (χ2v) is 5.30. The molecule has 1 heteroatoms. The molecule has 0 aromatic heterocycles. The molecular formula is C18H23N. The van der Waals surface area contributed by atoms with Crippen LogP contribution < -0.4 is 5.73 Å². The highest BCUT2D eigenvalue weighted by Crippen LogP contribution is 2.15. The van der Waals surface area contributed by atoms with Crippen molar-refractivity contribution in [1.29, 1.82) is 0 Å². The van der Waals surface area contributed by atoms with Crippen LogP contribution in [0.5, 0.6) is 0 Å². The normalized spacial score (nSPS) is 10.7. The van der Waals surface area contributed by atoms with Crippen molar-refractivity contribution < 1.29 is 0 Å². The smallest absolute Gasteiger partial charge is 0.00257 e. The Labute approximate surface area is 116 Å². The van der Waals surface area contributed by atoms with Gasteiger partial charge < -0.3 is 5.73 Å². The Morgan fingerprint density at radius 1 is 0.789 bits per heavy atom. The zero-order chi connectivity index (χ0) is 13.7. The molecule has 0 aliphatic heterocycles. The van der Waals surface area contributed by atoms with Gasteiger partial charge in [-0.05, 0) is 67.5 Å². The van der Waals surface area contributed by atoms with Crippen LogP contribution in [-0.4, -0.2) is 6.54 Å². The summed E-state index contributed by atoms with van der Waals surface area (Å²) in [6.45, 7) is 5.10. The van der Waals surface area contributed by atoms with E-state index in [2.05, 4.69) is 56.3 Å². The Bertz CT molecular complexity index is 526. The van der Waals surface area contributed by atoms with Crippen molar-refractivity contribution in [2.24, 2.45) is 5.73 Å². The monoisotopic (exact) mass is 253 g/mol. The molecule has 2 N–H and O–H groups in total. The lowest BCUT2D eigenvalue weighted by Gasteiger charge is -2.07. The van der Waals surface area contributed by atoms with Gasteiger partial charge in [-0.2, -0.15) is 0 Å². The van der Waals surface area contributed by atoms with Gasteiger partial charge in [0, 0.05) is 0 Å². The Hall–Kier alpha value is -1.60. The van der Waals surface area contributed by atoms with E-state index in [1.807, 2.05) is 0 Å².